The summed E-state index contributed by atoms with van der Waals surface area (Å²) in [7, 11) is 0. The molecule has 1 aromatic carbocycles. The topological polar surface area (TPSA) is 12.0 Å². The fraction of sp³-hybridized carbons (Fsp3) is 0.385. The van der Waals surface area contributed by atoms with Crippen LogP contribution in [0.15, 0.2) is 34.3 Å². The molecule has 0 amide bonds. The zero-order valence-corrected chi connectivity index (χ0v) is 12.2. The molecule has 0 radical (unpaired) electrons. The minimum atomic E-state index is 0.260. The number of benzene rings is 1. The van der Waals surface area contributed by atoms with Crippen LogP contribution in [0.25, 0.3) is 0 Å². The van der Waals surface area contributed by atoms with E-state index in [1.165, 1.54) is 5.57 Å². The Morgan fingerprint density at radius 2 is 2.19 bits per heavy atom. The van der Waals surface area contributed by atoms with Crippen molar-refractivity contribution in [1.29, 1.82) is 0 Å². The minimum absolute atomic E-state index is 0.260. The summed E-state index contributed by atoms with van der Waals surface area (Å²) in [5, 5.41) is 4.21. The summed E-state index contributed by atoms with van der Waals surface area (Å²) >= 11 is 9.58. The summed E-state index contributed by atoms with van der Waals surface area (Å²) < 4.78 is 1.01. The molecule has 1 N–H and O–H groups in total. The molecule has 0 saturated carbocycles. The van der Waals surface area contributed by atoms with Crippen LogP contribution in [-0.2, 0) is 0 Å². The minimum Gasteiger partial charge on any atom is -0.307 e. The van der Waals surface area contributed by atoms with Crippen LogP contribution in [0, 0.1) is 0 Å². The van der Waals surface area contributed by atoms with Gasteiger partial charge < -0.3 is 5.32 Å². The number of hydrogen-bond acceptors (Lipinski definition) is 1. The lowest BCUT2D eigenvalue weighted by molar-refractivity contribution is 0.616. The fourth-order valence-corrected chi connectivity index (χ4v) is 2.24. The molecule has 88 valence electrons. The standard InChI is InChI=1S/C13H17BrClN/c1-9(2)6-7-16-10(3)12-5-4-11(14)8-13(12)15/h4-6,8,10,16H,7H2,1-3H3. The zero-order chi connectivity index (χ0) is 12.1. The van der Waals surface area contributed by atoms with Gasteiger partial charge in [-0.2, -0.15) is 0 Å². The van der Waals surface area contributed by atoms with E-state index in [-0.39, 0.29) is 6.04 Å². The van der Waals surface area contributed by atoms with Gasteiger partial charge in [0.15, 0.2) is 0 Å². The fourth-order valence-electron chi connectivity index (χ4n) is 1.40. The van der Waals surface area contributed by atoms with Gasteiger partial charge >= 0.3 is 0 Å². The van der Waals surface area contributed by atoms with Crippen molar-refractivity contribution in [1.82, 2.24) is 5.32 Å². The van der Waals surface area contributed by atoms with Crippen molar-refractivity contribution in [2.75, 3.05) is 6.54 Å². The summed E-state index contributed by atoms with van der Waals surface area (Å²) in [6, 6.07) is 6.25. The quantitative estimate of drug-likeness (QED) is 0.794. The lowest BCUT2D eigenvalue weighted by Gasteiger charge is -2.14. The maximum absolute atomic E-state index is 6.18. The van der Waals surface area contributed by atoms with Gasteiger partial charge in [0.25, 0.3) is 0 Å². The van der Waals surface area contributed by atoms with Crippen molar-refractivity contribution >= 4 is 27.5 Å². The molecule has 16 heavy (non-hydrogen) atoms. The van der Waals surface area contributed by atoms with E-state index in [0.717, 1.165) is 21.6 Å². The van der Waals surface area contributed by atoms with Crippen molar-refractivity contribution < 1.29 is 0 Å². The Morgan fingerprint density at radius 1 is 1.50 bits per heavy atom. The molecule has 0 aliphatic heterocycles. The molecular weight excluding hydrogens is 286 g/mol. The molecule has 0 aliphatic carbocycles. The van der Waals surface area contributed by atoms with E-state index in [1.807, 2.05) is 18.2 Å². The van der Waals surface area contributed by atoms with Crippen LogP contribution in [-0.4, -0.2) is 6.54 Å². The highest BCUT2D eigenvalue weighted by molar-refractivity contribution is 9.10. The molecule has 1 unspecified atom stereocenters. The molecule has 0 bridgehead atoms. The Labute approximate surface area is 111 Å². The maximum Gasteiger partial charge on any atom is 0.0464 e. The summed E-state index contributed by atoms with van der Waals surface area (Å²) in [6.45, 7) is 7.18. The first kappa shape index (κ1) is 13.8. The average Bonchev–Trinajstić information content (AvgIpc) is 2.16. The van der Waals surface area contributed by atoms with Gasteiger partial charge in [-0.05, 0) is 38.5 Å². The summed E-state index contributed by atoms with van der Waals surface area (Å²) in [6.07, 6.45) is 2.17. The Hall–Kier alpha value is -0.310. The number of nitrogens with one attached hydrogen (secondary N) is 1. The van der Waals surface area contributed by atoms with E-state index < -0.39 is 0 Å². The normalized spacial score (nSPS) is 12.3. The Bertz CT molecular complexity index is 384. The molecule has 0 aromatic heterocycles. The summed E-state index contributed by atoms with van der Waals surface area (Å²) in [5.41, 5.74) is 2.45. The molecule has 3 heteroatoms. The van der Waals surface area contributed by atoms with Gasteiger partial charge in [0.1, 0.15) is 0 Å². The molecule has 0 aliphatic rings. The van der Waals surface area contributed by atoms with Crippen molar-refractivity contribution in [2.24, 2.45) is 0 Å². The van der Waals surface area contributed by atoms with Crippen LogP contribution >= 0.6 is 27.5 Å². The lowest BCUT2D eigenvalue weighted by Crippen LogP contribution is -2.19. The molecule has 1 aromatic rings. The van der Waals surface area contributed by atoms with Crippen LogP contribution in [0.3, 0.4) is 0 Å². The van der Waals surface area contributed by atoms with Gasteiger partial charge in [0, 0.05) is 22.1 Å². The number of hydrogen-bond donors (Lipinski definition) is 1. The molecular formula is C13H17BrClN. The van der Waals surface area contributed by atoms with E-state index in [2.05, 4.69) is 48.1 Å². The van der Waals surface area contributed by atoms with Crippen LogP contribution in [0.2, 0.25) is 5.02 Å². The van der Waals surface area contributed by atoms with Gasteiger partial charge in [-0.3, -0.25) is 0 Å². The number of rotatable bonds is 4. The Morgan fingerprint density at radius 3 is 2.75 bits per heavy atom. The van der Waals surface area contributed by atoms with Crippen LogP contribution < -0.4 is 5.32 Å². The average molecular weight is 303 g/mol. The highest BCUT2D eigenvalue weighted by Gasteiger charge is 2.08. The summed E-state index contributed by atoms with van der Waals surface area (Å²) in [4.78, 5) is 0. The Kier molecular flexibility index (Phi) is 5.53. The molecule has 0 saturated heterocycles. The zero-order valence-electron chi connectivity index (χ0n) is 9.85. The van der Waals surface area contributed by atoms with Crippen molar-refractivity contribution in [2.45, 2.75) is 26.8 Å². The first-order valence-electron chi connectivity index (χ1n) is 5.32. The third-order valence-corrected chi connectivity index (χ3v) is 3.18. The van der Waals surface area contributed by atoms with Crippen LogP contribution in [0.4, 0.5) is 0 Å². The second-order valence-electron chi connectivity index (χ2n) is 4.08. The monoisotopic (exact) mass is 301 g/mol. The number of allylic oxidation sites excluding steroid dienone is 1. The number of halogens is 2. The van der Waals surface area contributed by atoms with Gasteiger partial charge in [0.05, 0.1) is 0 Å². The lowest BCUT2D eigenvalue weighted by atomic mass is 10.1. The predicted molar refractivity (Wildman–Crippen MR) is 75.0 cm³/mol. The van der Waals surface area contributed by atoms with Gasteiger partial charge in [-0.25, -0.2) is 0 Å². The van der Waals surface area contributed by atoms with Crippen molar-refractivity contribution in [3.8, 4) is 0 Å². The highest BCUT2D eigenvalue weighted by Crippen LogP contribution is 2.26. The van der Waals surface area contributed by atoms with Crippen molar-refractivity contribution in [3.63, 3.8) is 0 Å². The predicted octanol–water partition coefficient (Wildman–Crippen LogP) is 4.72. The van der Waals surface area contributed by atoms with Crippen LogP contribution in [0.1, 0.15) is 32.4 Å². The maximum atomic E-state index is 6.18. The SMILES string of the molecule is CC(C)=CCNC(C)c1ccc(Br)cc1Cl. The van der Waals surface area contributed by atoms with Crippen molar-refractivity contribution in [3.05, 3.63) is 44.9 Å². The summed E-state index contributed by atoms with van der Waals surface area (Å²) in [5.74, 6) is 0. The van der Waals surface area contributed by atoms with E-state index in [1.54, 1.807) is 0 Å². The highest BCUT2D eigenvalue weighted by atomic mass is 79.9. The smallest absolute Gasteiger partial charge is 0.0464 e. The molecule has 0 fully saturated rings. The van der Waals surface area contributed by atoms with Gasteiger partial charge in [0.2, 0.25) is 0 Å². The van der Waals surface area contributed by atoms with Gasteiger partial charge in [-0.15, -0.1) is 0 Å². The van der Waals surface area contributed by atoms with E-state index in [9.17, 15) is 0 Å². The third-order valence-electron chi connectivity index (χ3n) is 2.36. The molecule has 1 rings (SSSR count). The molecule has 0 spiro atoms. The molecule has 0 heterocycles. The van der Waals surface area contributed by atoms with E-state index >= 15 is 0 Å². The first-order valence-corrected chi connectivity index (χ1v) is 6.49. The second kappa shape index (κ2) is 6.43. The van der Waals surface area contributed by atoms with E-state index in [0.29, 0.717) is 0 Å². The van der Waals surface area contributed by atoms with E-state index in [4.69, 9.17) is 11.6 Å². The molecule has 1 atom stereocenters. The third kappa shape index (κ3) is 4.28. The second-order valence-corrected chi connectivity index (χ2v) is 5.40. The first-order chi connectivity index (χ1) is 7.50. The largest absolute Gasteiger partial charge is 0.307 e. The Balaban J connectivity index is 2.66. The molecule has 1 nitrogen and oxygen atoms in total. The van der Waals surface area contributed by atoms with Gasteiger partial charge in [-0.1, -0.05) is 45.2 Å². The van der Waals surface area contributed by atoms with Crippen LogP contribution in [0.5, 0.6) is 0 Å².